The second kappa shape index (κ2) is 6.36. The summed E-state index contributed by atoms with van der Waals surface area (Å²) in [5.41, 5.74) is 1.31. The van der Waals surface area contributed by atoms with Crippen LogP contribution in [0.15, 0.2) is 24.3 Å². The van der Waals surface area contributed by atoms with Crippen LogP contribution in [0.3, 0.4) is 0 Å². The summed E-state index contributed by atoms with van der Waals surface area (Å²) in [6.45, 7) is 5.33. The number of nitrogens with zero attached hydrogens (tertiary/aromatic N) is 1. The van der Waals surface area contributed by atoms with Gasteiger partial charge in [-0.15, -0.1) is 0 Å². The first kappa shape index (κ1) is 13.6. The highest BCUT2D eigenvalue weighted by Gasteiger charge is 2.21. The Hall–Kier alpha value is -0.840. The first-order valence-corrected chi connectivity index (χ1v) is 7.02. The molecule has 2 rings (SSSR count). The summed E-state index contributed by atoms with van der Waals surface area (Å²) in [5, 5.41) is 4.72. The summed E-state index contributed by atoms with van der Waals surface area (Å²) < 4.78 is 0. The number of benzene rings is 1. The van der Waals surface area contributed by atoms with Crippen LogP contribution in [0.4, 0.5) is 0 Å². The molecule has 5 heteroatoms. The lowest BCUT2D eigenvalue weighted by Crippen LogP contribution is -3.13. The quantitative estimate of drug-likeness (QED) is 0.774. The van der Waals surface area contributed by atoms with Crippen LogP contribution < -0.4 is 10.2 Å². The van der Waals surface area contributed by atoms with Crippen LogP contribution in [0, 0.1) is 0 Å². The van der Waals surface area contributed by atoms with Crippen LogP contribution in [0.25, 0.3) is 0 Å². The smallest absolute Gasteiger partial charge is 0.169 e. The minimum Gasteiger partial charge on any atom is -0.366 e. The molecule has 0 bridgehead atoms. The predicted octanol–water partition coefficient (Wildman–Crippen LogP) is 0.545. The van der Waals surface area contributed by atoms with Crippen molar-refractivity contribution in [2.75, 3.05) is 33.2 Å². The summed E-state index contributed by atoms with van der Waals surface area (Å²) in [7, 11) is 1.88. The molecule has 0 saturated carbocycles. The molecule has 1 aliphatic heterocycles. The van der Waals surface area contributed by atoms with Crippen molar-refractivity contribution >= 4 is 28.9 Å². The Labute approximate surface area is 119 Å². The zero-order chi connectivity index (χ0) is 13.0. The molecule has 98 valence electrons. The van der Waals surface area contributed by atoms with Gasteiger partial charge < -0.3 is 15.1 Å². The highest BCUT2D eigenvalue weighted by molar-refractivity contribution is 7.80. The number of nitrogens with one attached hydrogen (secondary N) is 2. The average Bonchev–Trinajstić information content (AvgIpc) is 2.39. The Morgan fingerprint density at radius 1 is 1.44 bits per heavy atom. The molecule has 1 aliphatic rings. The zero-order valence-corrected chi connectivity index (χ0v) is 12.2. The van der Waals surface area contributed by atoms with Gasteiger partial charge in [0.1, 0.15) is 6.54 Å². The first-order valence-electron chi connectivity index (χ1n) is 6.23. The molecule has 1 fully saturated rings. The van der Waals surface area contributed by atoms with Crippen molar-refractivity contribution in [1.82, 2.24) is 10.2 Å². The molecule has 0 amide bonds. The SMILES string of the molecule is CNC(=S)N1CC[NH+](Cc2cccc(Cl)c2)CC1. The maximum atomic E-state index is 6.00. The summed E-state index contributed by atoms with van der Waals surface area (Å²) in [6.07, 6.45) is 0. The van der Waals surface area contributed by atoms with Crippen molar-refractivity contribution in [2.45, 2.75) is 6.54 Å². The third-order valence-corrected chi connectivity index (χ3v) is 4.01. The fraction of sp³-hybridized carbons (Fsp3) is 0.462. The molecule has 0 unspecified atom stereocenters. The zero-order valence-electron chi connectivity index (χ0n) is 10.6. The second-order valence-electron chi connectivity index (χ2n) is 4.60. The molecule has 2 N–H and O–H groups in total. The van der Waals surface area contributed by atoms with Gasteiger partial charge in [0.25, 0.3) is 0 Å². The summed E-state index contributed by atoms with van der Waals surface area (Å²) in [6, 6.07) is 8.13. The largest absolute Gasteiger partial charge is 0.366 e. The van der Waals surface area contributed by atoms with Crippen molar-refractivity contribution in [1.29, 1.82) is 0 Å². The van der Waals surface area contributed by atoms with E-state index >= 15 is 0 Å². The Kier molecular flexibility index (Phi) is 4.80. The maximum absolute atomic E-state index is 6.00. The van der Waals surface area contributed by atoms with Crippen LogP contribution in [-0.4, -0.2) is 43.2 Å². The van der Waals surface area contributed by atoms with Gasteiger partial charge in [0.2, 0.25) is 0 Å². The van der Waals surface area contributed by atoms with Crippen molar-refractivity contribution < 1.29 is 4.90 Å². The van der Waals surface area contributed by atoms with Gasteiger partial charge in [0.05, 0.1) is 26.2 Å². The van der Waals surface area contributed by atoms with E-state index in [0.717, 1.165) is 42.9 Å². The van der Waals surface area contributed by atoms with E-state index in [1.54, 1.807) is 4.90 Å². The molecule has 0 radical (unpaired) electrons. The molecule has 1 aromatic rings. The Morgan fingerprint density at radius 3 is 2.78 bits per heavy atom. The van der Waals surface area contributed by atoms with Gasteiger partial charge in [-0.2, -0.15) is 0 Å². The molecule has 0 aromatic heterocycles. The van der Waals surface area contributed by atoms with Crippen LogP contribution in [0.2, 0.25) is 5.02 Å². The van der Waals surface area contributed by atoms with Crippen LogP contribution in [0.5, 0.6) is 0 Å². The second-order valence-corrected chi connectivity index (χ2v) is 5.42. The average molecular weight is 285 g/mol. The monoisotopic (exact) mass is 284 g/mol. The third-order valence-electron chi connectivity index (χ3n) is 3.31. The molecule has 1 saturated heterocycles. The third kappa shape index (κ3) is 3.57. The van der Waals surface area contributed by atoms with Gasteiger partial charge in [-0.3, -0.25) is 0 Å². The Morgan fingerprint density at radius 2 is 2.17 bits per heavy atom. The van der Waals surface area contributed by atoms with E-state index < -0.39 is 0 Å². The van der Waals surface area contributed by atoms with Crippen LogP contribution in [0.1, 0.15) is 5.56 Å². The Bertz CT molecular complexity index is 416. The minimum absolute atomic E-state index is 0.821. The summed E-state index contributed by atoms with van der Waals surface area (Å²) >= 11 is 11.3. The minimum atomic E-state index is 0.821. The van der Waals surface area contributed by atoms with Crippen LogP contribution in [-0.2, 0) is 6.54 Å². The first-order chi connectivity index (χ1) is 8.69. The number of halogens is 1. The van der Waals surface area contributed by atoms with E-state index in [9.17, 15) is 0 Å². The molecular formula is C13H19ClN3S+. The summed E-state index contributed by atoms with van der Waals surface area (Å²) in [4.78, 5) is 3.82. The van der Waals surface area contributed by atoms with Crippen molar-refractivity contribution in [3.63, 3.8) is 0 Å². The molecule has 0 spiro atoms. The fourth-order valence-electron chi connectivity index (χ4n) is 2.30. The number of hydrogen-bond donors (Lipinski definition) is 2. The molecule has 0 aliphatic carbocycles. The number of thiocarbonyl (C=S) groups is 1. The molecule has 1 aromatic carbocycles. The van der Waals surface area contributed by atoms with E-state index in [4.69, 9.17) is 23.8 Å². The maximum Gasteiger partial charge on any atom is 0.169 e. The van der Waals surface area contributed by atoms with Gasteiger partial charge in [-0.1, -0.05) is 23.7 Å². The predicted molar refractivity (Wildman–Crippen MR) is 79.1 cm³/mol. The lowest BCUT2D eigenvalue weighted by Gasteiger charge is -2.33. The number of quaternary nitrogens is 1. The van der Waals surface area contributed by atoms with Crippen molar-refractivity contribution in [3.8, 4) is 0 Å². The molecule has 18 heavy (non-hydrogen) atoms. The highest BCUT2D eigenvalue weighted by atomic mass is 35.5. The van der Waals surface area contributed by atoms with E-state index in [1.807, 2.05) is 19.2 Å². The van der Waals surface area contributed by atoms with E-state index in [0.29, 0.717) is 0 Å². The van der Waals surface area contributed by atoms with Gasteiger partial charge >= 0.3 is 0 Å². The van der Waals surface area contributed by atoms with Gasteiger partial charge in [-0.05, 0) is 24.4 Å². The topological polar surface area (TPSA) is 19.7 Å². The molecule has 0 atom stereocenters. The van der Waals surface area contributed by atoms with Crippen molar-refractivity contribution in [2.24, 2.45) is 0 Å². The van der Waals surface area contributed by atoms with E-state index in [2.05, 4.69) is 22.3 Å². The molecular weight excluding hydrogens is 266 g/mol. The van der Waals surface area contributed by atoms with E-state index in [-0.39, 0.29) is 0 Å². The summed E-state index contributed by atoms with van der Waals surface area (Å²) in [5.74, 6) is 0. The lowest BCUT2D eigenvalue weighted by atomic mass is 10.2. The number of piperazine rings is 1. The lowest BCUT2D eigenvalue weighted by molar-refractivity contribution is -0.917. The molecule has 3 nitrogen and oxygen atoms in total. The normalized spacial score (nSPS) is 16.7. The number of hydrogen-bond acceptors (Lipinski definition) is 1. The van der Waals surface area contributed by atoms with Crippen LogP contribution >= 0.6 is 23.8 Å². The molecule has 1 heterocycles. The number of rotatable bonds is 2. The highest BCUT2D eigenvalue weighted by Crippen LogP contribution is 2.09. The van der Waals surface area contributed by atoms with Gasteiger partial charge in [0.15, 0.2) is 5.11 Å². The fourth-order valence-corrected chi connectivity index (χ4v) is 2.69. The standard InChI is InChI=1S/C13H18ClN3S/c1-15-13(18)17-7-5-16(6-8-17)10-11-3-2-4-12(14)9-11/h2-4,9H,5-8,10H2,1H3,(H,15,18)/p+1. The Balaban J connectivity index is 1.85. The van der Waals surface area contributed by atoms with Gasteiger partial charge in [-0.25, -0.2) is 0 Å². The van der Waals surface area contributed by atoms with Crippen molar-refractivity contribution in [3.05, 3.63) is 34.9 Å². The van der Waals surface area contributed by atoms with Gasteiger partial charge in [0, 0.05) is 17.6 Å². The van der Waals surface area contributed by atoms with E-state index in [1.165, 1.54) is 5.56 Å².